The number of anilines is 1. The molecule has 1 heterocycles. The summed E-state index contributed by atoms with van der Waals surface area (Å²) in [5.41, 5.74) is 0.184. The summed E-state index contributed by atoms with van der Waals surface area (Å²) in [4.78, 5) is 22.6. The third-order valence-electron chi connectivity index (χ3n) is 1.97. The van der Waals surface area contributed by atoms with E-state index in [4.69, 9.17) is 11.6 Å². The first-order valence-corrected chi connectivity index (χ1v) is 4.53. The molecule has 15 heavy (non-hydrogen) atoms. The monoisotopic (exact) mass is 228 g/mol. The van der Waals surface area contributed by atoms with E-state index in [-0.39, 0.29) is 22.8 Å². The maximum absolute atomic E-state index is 13.0. The van der Waals surface area contributed by atoms with Crippen LogP contribution in [0.4, 0.5) is 10.1 Å². The molecule has 0 fully saturated rings. The number of carbonyl (C=O) groups is 2. The first kappa shape index (κ1) is 9.92. The molecule has 0 atom stereocenters. The molecule has 4 nitrogen and oxygen atoms in total. The van der Waals surface area contributed by atoms with Crippen molar-refractivity contribution in [2.45, 2.75) is 0 Å². The Hall–Kier alpha value is -1.62. The van der Waals surface area contributed by atoms with E-state index in [2.05, 4.69) is 10.6 Å². The fraction of sp³-hybridized carbons (Fsp3) is 0.111. The number of fused-ring (bicyclic) bond motifs is 1. The lowest BCUT2D eigenvalue weighted by molar-refractivity contribution is -0.115. The number of rotatable bonds is 0. The molecule has 0 saturated carbocycles. The van der Waals surface area contributed by atoms with Gasteiger partial charge in [-0.1, -0.05) is 11.6 Å². The van der Waals surface area contributed by atoms with Crippen molar-refractivity contribution in [1.29, 1.82) is 0 Å². The number of amides is 2. The van der Waals surface area contributed by atoms with E-state index in [1.54, 1.807) is 0 Å². The Labute approximate surface area is 89.4 Å². The van der Waals surface area contributed by atoms with Crippen LogP contribution in [0.25, 0.3) is 0 Å². The highest BCUT2D eigenvalue weighted by Gasteiger charge is 2.21. The predicted octanol–water partition coefficient (Wildman–Crippen LogP) is 1.16. The molecule has 2 rings (SSSR count). The fourth-order valence-electron chi connectivity index (χ4n) is 1.32. The second kappa shape index (κ2) is 3.51. The van der Waals surface area contributed by atoms with Gasteiger partial charge in [-0.2, -0.15) is 0 Å². The van der Waals surface area contributed by atoms with Crippen LogP contribution in [0.15, 0.2) is 12.1 Å². The average molecular weight is 229 g/mol. The summed E-state index contributed by atoms with van der Waals surface area (Å²) < 4.78 is 13.0. The van der Waals surface area contributed by atoms with Crippen molar-refractivity contribution in [3.8, 4) is 0 Å². The molecule has 0 aromatic heterocycles. The minimum Gasteiger partial charge on any atom is -0.343 e. The van der Waals surface area contributed by atoms with Gasteiger partial charge in [-0.15, -0.1) is 0 Å². The summed E-state index contributed by atoms with van der Waals surface area (Å²) >= 11 is 5.72. The Morgan fingerprint density at radius 2 is 2.07 bits per heavy atom. The molecule has 1 aromatic rings. The van der Waals surface area contributed by atoms with Crippen LogP contribution in [-0.4, -0.2) is 18.4 Å². The van der Waals surface area contributed by atoms with Crippen LogP contribution in [-0.2, 0) is 4.79 Å². The highest BCUT2D eigenvalue weighted by molar-refractivity contribution is 6.35. The number of benzene rings is 1. The molecular weight excluding hydrogens is 223 g/mol. The zero-order valence-electron chi connectivity index (χ0n) is 7.43. The van der Waals surface area contributed by atoms with E-state index in [0.717, 1.165) is 12.1 Å². The van der Waals surface area contributed by atoms with Gasteiger partial charge in [0.2, 0.25) is 5.91 Å². The third kappa shape index (κ3) is 1.78. The normalized spacial score (nSPS) is 15.1. The van der Waals surface area contributed by atoms with Crippen LogP contribution in [0, 0.1) is 5.82 Å². The fourth-order valence-corrected chi connectivity index (χ4v) is 1.57. The average Bonchev–Trinajstić information content (AvgIpc) is 2.30. The van der Waals surface area contributed by atoms with Crippen LogP contribution in [0.3, 0.4) is 0 Å². The van der Waals surface area contributed by atoms with Crippen LogP contribution >= 0.6 is 11.6 Å². The first-order chi connectivity index (χ1) is 7.08. The summed E-state index contributed by atoms with van der Waals surface area (Å²) in [5.74, 6) is -1.54. The summed E-state index contributed by atoms with van der Waals surface area (Å²) in [6, 6.07) is 2.07. The molecule has 1 aliphatic heterocycles. The number of hydrogen-bond donors (Lipinski definition) is 2. The van der Waals surface area contributed by atoms with Crippen molar-refractivity contribution in [2.75, 3.05) is 11.9 Å². The standard InChI is InChI=1S/C9H6ClFN2O2/c10-6-2-4(11)1-5-8(6)13-7(14)3-12-9(5)15/h1-2H,3H2,(H,12,15)(H,13,14). The van der Waals surface area contributed by atoms with Crippen molar-refractivity contribution in [1.82, 2.24) is 5.32 Å². The SMILES string of the molecule is O=C1CNC(=O)c2cc(F)cc(Cl)c2N1. The van der Waals surface area contributed by atoms with E-state index in [9.17, 15) is 14.0 Å². The largest absolute Gasteiger partial charge is 0.343 e. The van der Waals surface area contributed by atoms with Crippen molar-refractivity contribution in [3.05, 3.63) is 28.5 Å². The Morgan fingerprint density at radius 3 is 2.80 bits per heavy atom. The maximum Gasteiger partial charge on any atom is 0.253 e. The van der Waals surface area contributed by atoms with Gasteiger partial charge in [0.1, 0.15) is 5.82 Å². The molecule has 1 aromatic carbocycles. The van der Waals surface area contributed by atoms with Crippen LogP contribution in [0.2, 0.25) is 5.02 Å². The Morgan fingerprint density at radius 1 is 1.33 bits per heavy atom. The molecule has 0 spiro atoms. The van der Waals surface area contributed by atoms with E-state index in [0.29, 0.717) is 0 Å². The Kier molecular flexibility index (Phi) is 2.32. The molecule has 0 unspecified atom stereocenters. The number of halogens is 2. The van der Waals surface area contributed by atoms with Gasteiger partial charge in [0, 0.05) is 0 Å². The van der Waals surface area contributed by atoms with Crippen molar-refractivity contribution in [2.24, 2.45) is 0 Å². The van der Waals surface area contributed by atoms with E-state index in [1.807, 2.05) is 0 Å². The second-order valence-corrected chi connectivity index (χ2v) is 3.45. The van der Waals surface area contributed by atoms with Gasteiger partial charge in [0.05, 0.1) is 22.8 Å². The van der Waals surface area contributed by atoms with Gasteiger partial charge in [0.25, 0.3) is 5.91 Å². The number of hydrogen-bond acceptors (Lipinski definition) is 2. The summed E-state index contributed by atoms with van der Waals surface area (Å²) in [6.45, 7) is -0.147. The van der Waals surface area contributed by atoms with Gasteiger partial charge in [-0.25, -0.2) is 4.39 Å². The Bertz CT molecular complexity index is 462. The van der Waals surface area contributed by atoms with Crippen LogP contribution in [0.5, 0.6) is 0 Å². The zero-order chi connectivity index (χ0) is 11.0. The topological polar surface area (TPSA) is 58.2 Å². The molecule has 0 saturated heterocycles. The summed E-state index contributed by atoms with van der Waals surface area (Å²) in [7, 11) is 0. The highest BCUT2D eigenvalue weighted by Crippen LogP contribution is 2.28. The zero-order valence-corrected chi connectivity index (χ0v) is 8.19. The molecule has 1 aliphatic rings. The molecule has 0 aliphatic carbocycles. The Balaban J connectivity index is 2.61. The first-order valence-electron chi connectivity index (χ1n) is 4.15. The van der Waals surface area contributed by atoms with E-state index < -0.39 is 17.6 Å². The quantitative estimate of drug-likeness (QED) is 0.700. The van der Waals surface area contributed by atoms with Crippen molar-refractivity contribution >= 4 is 29.1 Å². The van der Waals surface area contributed by atoms with Gasteiger partial charge >= 0.3 is 0 Å². The predicted molar refractivity (Wildman–Crippen MR) is 52.4 cm³/mol. The van der Waals surface area contributed by atoms with Crippen molar-refractivity contribution in [3.63, 3.8) is 0 Å². The summed E-state index contributed by atoms with van der Waals surface area (Å²) in [6.07, 6.45) is 0. The molecule has 6 heteroatoms. The number of carbonyl (C=O) groups excluding carboxylic acids is 2. The molecule has 0 bridgehead atoms. The lowest BCUT2D eigenvalue weighted by atomic mass is 10.1. The molecule has 0 radical (unpaired) electrons. The second-order valence-electron chi connectivity index (χ2n) is 3.04. The molecule has 2 amide bonds. The minimum atomic E-state index is -0.620. The van der Waals surface area contributed by atoms with Gasteiger partial charge < -0.3 is 10.6 Å². The highest BCUT2D eigenvalue weighted by atomic mass is 35.5. The third-order valence-corrected chi connectivity index (χ3v) is 2.27. The minimum absolute atomic E-state index is 0.00963. The van der Waals surface area contributed by atoms with Crippen LogP contribution < -0.4 is 10.6 Å². The lowest BCUT2D eigenvalue weighted by Gasteiger charge is -2.06. The van der Waals surface area contributed by atoms with Crippen molar-refractivity contribution < 1.29 is 14.0 Å². The van der Waals surface area contributed by atoms with Crippen LogP contribution in [0.1, 0.15) is 10.4 Å². The van der Waals surface area contributed by atoms with Gasteiger partial charge in [-0.05, 0) is 12.1 Å². The van der Waals surface area contributed by atoms with Gasteiger partial charge in [-0.3, -0.25) is 9.59 Å². The molecule has 2 N–H and O–H groups in total. The lowest BCUT2D eigenvalue weighted by Crippen LogP contribution is -2.28. The number of nitrogens with one attached hydrogen (secondary N) is 2. The molecule has 78 valence electrons. The maximum atomic E-state index is 13.0. The smallest absolute Gasteiger partial charge is 0.253 e. The van der Waals surface area contributed by atoms with E-state index in [1.165, 1.54) is 0 Å². The summed E-state index contributed by atoms with van der Waals surface area (Å²) in [5, 5.41) is 4.77. The van der Waals surface area contributed by atoms with E-state index >= 15 is 0 Å². The van der Waals surface area contributed by atoms with Gasteiger partial charge in [0.15, 0.2) is 0 Å². The molecular formula is C9H6ClFN2O2.